The van der Waals surface area contributed by atoms with Crippen LogP contribution in [0.1, 0.15) is 30.1 Å². The molecule has 4 amide bonds. The van der Waals surface area contributed by atoms with Gasteiger partial charge in [0.1, 0.15) is 17.9 Å². The Morgan fingerprint density at radius 2 is 2.07 bits per heavy atom. The quantitative estimate of drug-likeness (QED) is 0.716. The zero-order chi connectivity index (χ0) is 20.9. The van der Waals surface area contributed by atoms with Crippen LogP contribution in [-0.4, -0.2) is 70.7 Å². The van der Waals surface area contributed by atoms with Crippen molar-refractivity contribution >= 4 is 35.2 Å². The van der Waals surface area contributed by atoms with E-state index in [1.807, 2.05) is 0 Å². The predicted octanol–water partition coefficient (Wildman–Crippen LogP) is 0.298. The molecule has 0 aromatic heterocycles. The van der Waals surface area contributed by atoms with E-state index in [0.717, 1.165) is 6.07 Å². The number of benzene rings is 1. The Hall–Kier alpha value is -2.68. The van der Waals surface area contributed by atoms with Crippen LogP contribution in [0.5, 0.6) is 0 Å². The summed E-state index contributed by atoms with van der Waals surface area (Å²) in [4.78, 5) is 53.1. The summed E-state index contributed by atoms with van der Waals surface area (Å²) in [7, 11) is 0. The second-order valence-electron chi connectivity index (χ2n) is 7.60. The first kappa shape index (κ1) is 19.6. The number of hydrogen-bond acceptors (Lipinski definition) is 4. The normalized spacial score (nSPS) is 28.5. The van der Waals surface area contributed by atoms with Crippen LogP contribution in [0.15, 0.2) is 18.2 Å². The molecule has 1 aromatic carbocycles. The average Bonchev–Trinajstić information content (AvgIpc) is 3.25. The third-order valence-electron chi connectivity index (χ3n) is 5.79. The van der Waals surface area contributed by atoms with Gasteiger partial charge >= 0.3 is 0 Å². The van der Waals surface area contributed by atoms with Gasteiger partial charge in [0.05, 0.1) is 11.1 Å². The number of halogens is 2. The van der Waals surface area contributed by atoms with Crippen molar-refractivity contribution in [2.45, 2.75) is 43.9 Å². The molecule has 0 radical (unpaired) electrons. The lowest BCUT2D eigenvalue weighted by atomic mass is 10.1. The van der Waals surface area contributed by atoms with Crippen LogP contribution < -0.4 is 10.6 Å². The molecule has 2 N–H and O–H groups in total. The Labute approximate surface area is 171 Å². The molecule has 0 aliphatic carbocycles. The number of likely N-dealkylation sites (tertiary alicyclic amines) is 1. The van der Waals surface area contributed by atoms with Gasteiger partial charge in [-0.1, -0.05) is 11.6 Å². The predicted molar refractivity (Wildman–Crippen MR) is 101 cm³/mol. The fourth-order valence-electron chi connectivity index (χ4n) is 4.39. The number of amides is 4. The number of carbonyl (C=O) groups is 4. The van der Waals surface area contributed by atoms with Gasteiger partial charge < -0.3 is 20.4 Å². The molecular formula is C19H20ClFN4O4. The molecular weight excluding hydrogens is 403 g/mol. The third-order valence-corrected chi connectivity index (χ3v) is 6.08. The van der Waals surface area contributed by atoms with Crippen LogP contribution in [0.2, 0.25) is 5.02 Å². The van der Waals surface area contributed by atoms with Gasteiger partial charge in [-0.25, -0.2) is 4.39 Å². The molecule has 3 aliphatic rings. The van der Waals surface area contributed by atoms with Gasteiger partial charge in [0.15, 0.2) is 0 Å². The molecule has 29 heavy (non-hydrogen) atoms. The van der Waals surface area contributed by atoms with Crippen molar-refractivity contribution in [2.75, 3.05) is 13.1 Å². The lowest BCUT2D eigenvalue weighted by molar-refractivity contribution is -0.143. The highest BCUT2D eigenvalue weighted by molar-refractivity contribution is 6.31. The number of nitrogens with one attached hydrogen (secondary N) is 2. The van der Waals surface area contributed by atoms with E-state index in [1.54, 1.807) is 0 Å². The van der Waals surface area contributed by atoms with E-state index in [2.05, 4.69) is 10.6 Å². The molecule has 8 nitrogen and oxygen atoms in total. The minimum atomic E-state index is -0.716. The van der Waals surface area contributed by atoms with Crippen molar-refractivity contribution < 1.29 is 23.6 Å². The zero-order valence-electron chi connectivity index (χ0n) is 15.7. The SMILES string of the molecule is CC(=O)N1CC[C@H]2NC(=O)[C@H]3C[C@H](NC(=O)c4ccc(F)c(Cl)c4)CN3C(=O)[C@H]21. The van der Waals surface area contributed by atoms with Crippen molar-refractivity contribution in [3.05, 3.63) is 34.6 Å². The smallest absolute Gasteiger partial charge is 0.251 e. The number of nitrogens with zero attached hydrogens (tertiary/aromatic N) is 2. The van der Waals surface area contributed by atoms with E-state index in [1.165, 1.54) is 28.9 Å². The monoisotopic (exact) mass is 422 g/mol. The Morgan fingerprint density at radius 1 is 1.31 bits per heavy atom. The van der Waals surface area contributed by atoms with Gasteiger partial charge in [-0.05, 0) is 31.0 Å². The van der Waals surface area contributed by atoms with Gasteiger partial charge in [0.25, 0.3) is 5.91 Å². The zero-order valence-corrected chi connectivity index (χ0v) is 16.4. The van der Waals surface area contributed by atoms with Gasteiger partial charge in [0.2, 0.25) is 17.7 Å². The summed E-state index contributed by atoms with van der Waals surface area (Å²) in [5, 5.41) is 5.50. The first-order valence-corrected chi connectivity index (χ1v) is 9.78. The summed E-state index contributed by atoms with van der Waals surface area (Å²) >= 11 is 5.73. The Kier molecular flexibility index (Phi) is 4.94. The second-order valence-corrected chi connectivity index (χ2v) is 8.01. The summed E-state index contributed by atoms with van der Waals surface area (Å²) in [6.07, 6.45) is 0.797. The highest BCUT2D eigenvalue weighted by Crippen LogP contribution is 2.29. The molecule has 3 aliphatic heterocycles. The minimum Gasteiger partial charge on any atom is -0.349 e. The topological polar surface area (TPSA) is 98.8 Å². The fraction of sp³-hybridized carbons (Fsp3) is 0.474. The van der Waals surface area contributed by atoms with Gasteiger partial charge in [0, 0.05) is 31.6 Å². The highest BCUT2D eigenvalue weighted by Gasteiger charge is 2.51. The molecule has 0 spiro atoms. The number of rotatable bonds is 2. The molecule has 0 saturated carbocycles. The minimum absolute atomic E-state index is 0.159. The molecule has 0 unspecified atom stereocenters. The van der Waals surface area contributed by atoms with Crippen molar-refractivity contribution in [1.82, 2.24) is 20.4 Å². The molecule has 4 rings (SSSR count). The molecule has 3 saturated heterocycles. The van der Waals surface area contributed by atoms with Crippen molar-refractivity contribution in [3.63, 3.8) is 0 Å². The van der Waals surface area contributed by atoms with E-state index >= 15 is 0 Å². The van der Waals surface area contributed by atoms with Crippen LogP contribution in [0, 0.1) is 5.82 Å². The van der Waals surface area contributed by atoms with Crippen LogP contribution >= 0.6 is 11.6 Å². The molecule has 3 heterocycles. The molecule has 154 valence electrons. The first-order valence-electron chi connectivity index (χ1n) is 9.40. The first-order chi connectivity index (χ1) is 13.8. The van der Waals surface area contributed by atoms with Crippen LogP contribution in [0.4, 0.5) is 4.39 Å². The second kappa shape index (κ2) is 7.29. The molecule has 1 aromatic rings. The Morgan fingerprint density at radius 3 is 2.76 bits per heavy atom. The van der Waals surface area contributed by atoms with E-state index in [9.17, 15) is 23.6 Å². The summed E-state index contributed by atoms with van der Waals surface area (Å²) in [6, 6.07) is 1.39. The largest absolute Gasteiger partial charge is 0.349 e. The molecule has 10 heteroatoms. The van der Waals surface area contributed by atoms with Gasteiger partial charge in [-0.2, -0.15) is 0 Å². The summed E-state index contributed by atoms with van der Waals surface area (Å²) in [5.74, 6) is -1.87. The molecule has 4 atom stereocenters. The van der Waals surface area contributed by atoms with Gasteiger partial charge in [-0.3, -0.25) is 19.2 Å². The standard InChI is InChI=1S/C19H20ClFN4O4/c1-9(26)24-5-4-14-16(24)19(29)25-8-11(7-15(25)18(28)23-14)22-17(27)10-2-3-13(21)12(20)6-10/h2-3,6,11,14-16H,4-5,7-8H2,1H3,(H,22,27)(H,23,28)/t11-,14+,15+,16-/m0/s1. The summed E-state index contributed by atoms with van der Waals surface area (Å²) < 4.78 is 13.3. The molecule has 0 bridgehead atoms. The lowest BCUT2D eigenvalue weighted by Crippen LogP contribution is -2.52. The maximum Gasteiger partial charge on any atom is 0.251 e. The van der Waals surface area contributed by atoms with Crippen LogP contribution in [0.25, 0.3) is 0 Å². The molecule has 3 fully saturated rings. The maximum atomic E-state index is 13.3. The van der Waals surface area contributed by atoms with E-state index in [-0.39, 0.29) is 47.3 Å². The van der Waals surface area contributed by atoms with E-state index < -0.39 is 29.8 Å². The van der Waals surface area contributed by atoms with Crippen molar-refractivity contribution in [3.8, 4) is 0 Å². The summed E-state index contributed by atoms with van der Waals surface area (Å²) in [5.41, 5.74) is 0.188. The lowest BCUT2D eigenvalue weighted by Gasteiger charge is -2.28. The highest BCUT2D eigenvalue weighted by atomic mass is 35.5. The number of carbonyl (C=O) groups excluding carboxylic acids is 4. The fourth-order valence-corrected chi connectivity index (χ4v) is 4.57. The average molecular weight is 423 g/mol. The van der Waals surface area contributed by atoms with Gasteiger partial charge in [-0.15, -0.1) is 0 Å². The van der Waals surface area contributed by atoms with Crippen molar-refractivity contribution in [2.24, 2.45) is 0 Å². The van der Waals surface area contributed by atoms with E-state index in [0.29, 0.717) is 13.0 Å². The third kappa shape index (κ3) is 3.43. The Balaban J connectivity index is 1.50. The summed E-state index contributed by atoms with van der Waals surface area (Å²) in [6.45, 7) is 1.98. The van der Waals surface area contributed by atoms with Crippen LogP contribution in [-0.2, 0) is 14.4 Å². The van der Waals surface area contributed by atoms with E-state index in [4.69, 9.17) is 11.6 Å². The Bertz CT molecular complexity index is 910. The van der Waals surface area contributed by atoms with Crippen LogP contribution in [0.3, 0.4) is 0 Å². The number of hydrogen-bond donors (Lipinski definition) is 2. The van der Waals surface area contributed by atoms with Crippen molar-refractivity contribution in [1.29, 1.82) is 0 Å². The number of fused-ring (bicyclic) bond motifs is 2. The maximum absolute atomic E-state index is 13.3.